The minimum absolute atomic E-state index is 0. The number of hydrogen-bond donors (Lipinski definition) is 0. The zero-order valence-corrected chi connectivity index (χ0v) is 18.4. The number of fused-ring (bicyclic) bond motifs is 1. The van der Waals surface area contributed by atoms with Crippen LogP contribution in [0.2, 0.25) is 0 Å². The minimum Gasteiger partial charge on any atom is -0.475 e. The molecule has 2 aromatic heterocycles. The standard InChI is InChI=1S/C22H21F3N4O2.ClH/c1-13(2)31-19-10-15(8-9-26-19)18-11-27-29-14(3)12-28(21(30)20(18)29)17-6-4-16(5-7-17)22(23,24)25;/h4-11,13-14H,12H2,1-3H3;1H/t14-;/m0./s1. The van der Waals surface area contributed by atoms with Crippen LogP contribution in [0.25, 0.3) is 11.1 Å². The number of aromatic nitrogens is 3. The van der Waals surface area contributed by atoms with Crippen LogP contribution in [0.4, 0.5) is 18.9 Å². The number of anilines is 1. The summed E-state index contributed by atoms with van der Waals surface area (Å²) in [6, 6.07) is 7.96. The third kappa shape index (κ3) is 4.43. The van der Waals surface area contributed by atoms with Crippen LogP contribution in [0.1, 0.15) is 42.9 Å². The monoisotopic (exact) mass is 466 g/mol. The third-order valence-corrected chi connectivity index (χ3v) is 5.02. The molecule has 0 fully saturated rings. The van der Waals surface area contributed by atoms with Crippen LogP contribution in [0.3, 0.4) is 0 Å². The van der Waals surface area contributed by atoms with Gasteiger partial charge in [0.05, 0.1) is 23.9 Å². The van der Waals surface area contributed by atoms with Gasteiger partial charge in [0.15, 0.2) is 0 Å². The normalized spacial score (nSPS) is 16.0. The highest BCUT2D eigenvalue weighted by molar-refractivity contribution is 6.09. The molecule has 0 saturated heterocycles. The van der Waals surface area contributed by atoms with Crippen molar-refractivity contribution in [3.8, 4) is 17.0 Å². The fourth-order valence-electron chi connectivity index (χ4n) is 3.61. The predicted octanol–water partition coefficient (Wildman–Crippen LogP) is 5.39. The van der Waals surface area contributed by atoms with Crippen molar-refractivity contribution in [1.29, 1.82) is 0 Å². The molecule has 3 heterocycles. The lowest BCUT2D eigenvalue weighted by Gasteiger charge is -2.32. The Balaban J connectivity index is 0.00000289. The van der Waals surface area contributed by atoms with Gasteiger partial charge in [0, 0.05) is 30.1 Å². The fourth-order valence-corrected chi connectivity index (χ4v) is 3.61. The van der Waals surface area contributed by atoms with Gasteiger partial charge in [-0.1, -0.05) is 0 Å². The Hall–Kier alpha value is -3.07. The molecular formula is C22H22ClF3N4O2. The highest BCUT2D eigenvalue weighted by Gasteiger charge is 2.35. The van der Waals surface area contributed by atoms with Crippen molar-refractivity contribution in [3.05, 3.63) is 60.0 Å². The van der Waals surface area contributed by atoms with Gasteiger partial charge in [0.25, 0.3) is 5.91 Å². The molecule has 4 rings (SSSR count). The maximum Gasteiger partial charge on any atom is 0.416 e. The molecule has 1 aliphatic heterocycles. The van der Waals surface area contributed by atoms with Gasteiger partial charge < -0.3 is 9.64 Å². The molecule has 1 atom stereocenters. The lowest BCUT2D eigenvalue weighted by Crippen LogP contribution is -2.42. The van der Waals surface area contributed by atoms with Gasteiger partial charge in [0.1, 0.15) is 5.69 Å². The number of hydrogen-bond acceptors (Lipinski definition) is 4. The number of ether oxygens (including phenoxy) is 1. The van der Waals surface area contributed by atoms with Crippen LogP contribution in [0.15, 0.2) is 48.8 Å². The molecule has 0 radical (unpaired) electrons. The summed E-state index contributed by atoms with van der Waals surface area (Å²) in [6.07, 6.45) is -1.27. The average molecular weight is 467 g/mol. The number of carbonyl (C=O) groups is 1. The molecule has 170 valence electrons. The van der Waals surface area contributed by atoms with Crippen molar-refractivity contribution in [2.24, 2.45) is 0 Å². The first kappa shape index (κ1) is 23.6. The van der Waals surface area contributed by atoms with Crippen molar-refractivity contribution >= 4 is 24.0 Å². The lowest BCUT2D eigenvalue weighted by atomic mass is 10.0. The second-order valence-electron chi connectivity index (χ2n) is 7.71. The molecule has 0 N–H and O–H groups in total. The number of halogens is 4. The maximum absolute atomic E-state index is 13.4. The van der Waals surface area contributed by atoms with Crippen LogP contribution in [-0.2, 0) is 6.18 Å². The summed E-state index contributed by atoms with van der Waals surface area (Å²) in [5, 5.41) is 4.39. The van der Waals surface area contributed by atoms with Gasteiger partial charge in [-0.2, -0.15) is 18.3 Å². The minimum atomic E-state index is -4.43. The smallest absolute Gasteiger partial charge is 0.416 e. The van der Waals surface area contributed by atoms with E-state index < -0.39 is 11.7 Å². The first-order chi connectivity index (χ1) is 14.6. The van der Waals surface area contributed by atoms with E-state index in [1.807, 2.05) is 20.8 Å². The molecule has 32 heavy (non-hydrogen) atoms. The van der Waals surface area contributed by atoms with E-state index in [1.54, 1.807) is 29.2 Å². The predicted molar refractivity (Wildman–Crippen MR) is 116 cm³/mol. The molecule has 1 aliphatic rings. The summed E-state index contributed by atoms with van der Waals surface area (Å²) in [6.45, 7) is 5.99. The summed E-state index contributed by atoms with van der Waals surface area (Å²) in [7, 11) is 0. The van der Waals surface area contributed by atoms with Gasteiger partial charge in [-0.05, 0) is 56.7 Å². The molecule has 1 aromatic carbocycles. The van der Waals surface area contributed by atoms with Crippen LogP contribution >= 0.6 is 12.4 Å². The van der Waals surface area contributed by atoms with E-state index >= 15 is 0 Å². The Morgan fingerprint density at radius 2 is 1.84 bits per heavy atom. The maximum atomic E-state index is 13.4. The highest BCUT2D eigenvalue weighted by atomic mass is 35.5. The van der Waals surface area contributed by atoms with E-state index in [9.17, 15) is 18.0 Å². The van der Waals surface area contributed by atoms with Gasteiger partial charge in [-0.3, -0.25) is 9.48 Å². The van der Waals surface area contributed by atoms with Crippen LogP contribution in [0.5, 0.6) is 5.88 Å². The summed E-state index contributed by atoms with van der Waals surface area (Å²) in [5.41, 5.74) is 1.36. The summed E-state index contributed by atoms with van der Waals surface area (Å²) in [5.74, 6) is 0.108. The topological polar surface area (TPSA) is 60.3 Å². The number of benzene rings is 1. The zero-order valence-electron chi connectivity index (χ0n) is 17.6. The Morgan fingerprint density at radius 1 is 1.16 bits per heavy atom. The summed E-state index contributed by atoms with van der Waals surface area (Å²) >= 11 is 0. The molecule has 0 saturated carbocycles. The molecule has 0 aliphatic carbocycles. The van der Waals surface area contributed by atoms with Crippen molar-refractivity contribution in [2.45, 2.75) is 39.1 Å². The molecule has 0 bridgehead atoms. The second kappa shape index (κ2) is 8.82. The molecule has 6 nitrogen and oxygen atoms in total. The average Bonchev–Trinajstić information content (AvgIpc) is 3.16. The third-order valence-electron chi connectivity index (χ3n) is 5.02. The molecule has 0 spiro atoms. The SMILES string of the molecule is CC(C)Oc1cc(-c2cnn3c2C(=O)N(c2ccc(C(F)(F)F)cc2)C[C@@H]3C)ccn1.Cl. The van der Waals surface area contributed by atoms with Crippen molar-refractivity contribution in [1.82, 2.24) is 14.8 Å². The van der Waals surface area contributed by atoms with E-state index in [1.165, 1.54) is 17.0 Å². The number of alkyl halides is 3. The van der Waals surface area contributed by atoms with Crippen LogP contribution in [0, 0.1) is 0 Å². The van der Waals surface area contributed by atoms with E-state index in [0.717, 1.165) is 17.7 Å². The van der Waals surface area contributed by atoms with Crippen molar-refractivity contribution in [3.63, 3.8) is 0 Å². The number of carbonyl (C=O) groups excluding carboxylic acids is 1. The number of nitrogens with zero attached hydrogens (tertiary/aromatic N) is 4. The van der Waals surface area contributed by atoms with E-state index in [-0.39, 0.29) is 30.5 Å². The largest absolute Gasteiger partial charge is 0.475 e. The van der Waals surface area contributed by atoms with Crippen LogP contribution in [-0.4, -0.2) is 33.3 Å². The Kier molecular flexibility index (Phi) is 6.50. The molecule has 0 unspecified atom stereocenters. The molecule has 10 heteroatoms. The van der Waals surface area contributed by atoms with Crippen molar-refractivity contribution in [2.75, 3.05) is 11.4 Å². The van der Waals surface area contributed by atoms with E-state index in [0.29, 0.717) is 29.4 Å². The zero-order chi connectivity index (χ0) is 22.3. The molecular weight excluding hydrogens is 445 g/mol. The Labute approximate surface area is 189 Å². The second-order valence-corrected chi connectivity index (χ2v) is 7.71. The van der Waals surface area contributed by atoms with Gasteiger partial charge in [-0.15, -0.1) is 12.4 Å². The first-order valence-electron chi connectivity index (χ1n) is 9.85. The quantitative estimate of drug-likeness (QED) is 0.517. The fraction of sp³-hybridized carbons (Fsp3) is 0.318. The van der Waals surface area contributed by atoms with Gasteiger partial charge in [-0.25, -0.2) is 4.98 Å². The molecule has 3 aromatic rings. The number of amides is 1. The van der Waals surface area contributed by atoms with Gasteiger partial charge >= 0.3 is 6.18 Å². The van der Waals surface area contributed by atoms with E-state index in [4.69, 9.17) is 4.74 Å². The number of pyridine rings is 1. The summed E-state index contributed by atoms with van der Waals surface area (Å²) in [4.78, 5) is 19.0. The van der Waals surface area contributed by atoms with Crippen molar-refractivity contribution < 1.29 is 22.7 Å². The van der Waals surface area contributed by atoms with Gasteiger partial charge in [0.2, 0.25) is 5.88 Å². The first-order valence-corrected chi connectivity index (χ1v) is 9.85. The lowest BCUT2D eigenvalue weighted by molar-refractivity contribution is -0.137. The van der Waals surface area contributed by atoms with E-state index in [2.05, 4.69) is 10.1 Å². The van der Waals surface area contributed by atoms with Crippen LogP contribution < -0.4 is 9.64 Å². The summed E-state index contributed by atoms with van der Waals surface area (Å²) < 4.78 is 46.0. The molecule has 1 amide bonds. The number of rotatable bonds is 4. The Morgan fingerprint density at radius 3 is 2.47 bits per heavy atom. The Bertz CT molecular complexity index is 1110. The highest BCUT2D eigenvalue weighted by Crippen LogP contribution is 2.35.